The number of anilines is 1. The van der Waals surface area contributed by atoms with Gasteiger partial charge in [0.05, 0.1) is 23.9 Å². The van der Waals surface area contributed by atoms with Gasteiger partial charge in [-0.1, -0.05) is 12.1 Å². The molecule has 98 valence electrons. The first-order valence-corrected chi connectivity index (χ1v) is 5.44. The van der Waals surface area contributed by atoms with Crippen LogP contribution in [0.5, 0.6) is 0 Å². The summed E-state index contributed by atoms with van der Waals surface area (Å²) >= 11 is 0. The minimum Gasteiger partial charge on any atom is -0.478 e. The molecule has 6 nitrogen and oxygen atoms in total. The lowest BCUT2D eigenvalue weighted by Gasteiger charge is -2.23. The number of carbonyl (C=O) groups is 2. The number of rotatable bonds is 4. The summed E-state index contributed by atoms with van der Waals surface area (Å²) in [5, 5.41) is 20.4. The highest BCUT2D eigenvalue weighted by molar-refractivity contribution is 5.99. The number of urea groups is 1. The van der Waals surface area contributed by atoms with Crippen molar-refractivity contribution in [1.29, 1.82) is 0 Å². The van der Waals surface area contributed by atoms with Crippen molar-refractivity contribution in [3.8, 4) is 0 Å². The van der Waals surface area contributed by atoms with Crippen molar-refractivity contribution in [1.82, 2.24) is 4.90 Å². The van der Waals surface area contributed by atoms with Gasteiger partial charge in [-0.2, -0.15) is 0 Å². The smallest absolute Gasteiger partial charge is 0.337 e. The van der Waals surface area contributed by atoms with Crippen molar-refractivity contribution < 1.29 is 19.8 Å². The van der Waals surface area contributed by atoms with Crippen LogP contribution in [0.4, 0.5) is 10.5 Å². The Balaban J connectivity index is 2.85. The van der Waals surface area contributed by atoms with Crippen molar-refractivity contribution in [3.63, 3.8) is 0 Å². The quantitative estimate of drug-likeness (QED) is 0.751. The van der Waals surface area contributed by atoms with Gasteiger partial charge in [0.2, 0.25) is 0 Å². The van der Waals surface area contributed by atoms with Crippen LogP contribution in [0.3, 0.4) is 0 Å². The van der Waals surface area contributed by atoms with Gasteiger partial charge in [0.1, 0.15) is 0 Å². The third kappa shape index (κ3) is 3.21. The van der Waals surface area contributed by atoms with Gasteiger partial charge in [-0.25, -0.2) is 9.59 Å². The number of nitrogens with zero attached hydrogens (tertiary/aromatic N) is 1. The number of benzene rings is 1. The Bertz CT molecular complexity index is 447. The maximum Gasteiger partial charge on any atom is 0.337 e. The molecule has 0 aliphatic rings. The summed E-state index contributed by atoms with van der Waals surface area (Å²) in [7, 11) is 1.53. The van der Waals surface area contributed by atoms with Gasteiger partial charge in [0.15, 0.2) is 0 Å². The van der Waals surface area contributed by atoms with E-state index in [0.717, 1.165) is 0 Å². The number of carboxylic acid groups (broad SMARTS) is 1. The molecule has 6 heteroatoms. The van der Waals surface area contributed by atoms with Crippen molar-refractivity contribution in [2.45, 2.75) is 13.0 Å². The molecule has 0 aromatic heterocycles. The number of hydrogen-bond donors (Lipinski definition) is 3. The van der Waals surface area contributed by atoms with Gasteiger partial charge >= 0.3 is 12.0 Å². The van der Waals surface area contributed by atoms with Gasteiger partial charge in [0, 0.05) is 7.05 Å². The van der Waals surface area contributed by atoms with Crippen LogP contribution < -0.4 is 5.32 Å². The number of nitrogens with one attached hydrogen (secondary N) is 1. The topological polar surface area (TPSA) is 89.9 Å². The fraction of sp³-hybridized carbons (Fsp3) is 0.333. The van der Waals surface area contributed by atoms with Crippen LogP contribution in [0, 0.1) is 0 Å². The summed E-state index contributed by atoms with van der Waals surface area (Å²) in [6.07, 6.45) is 0. The monoisotopic (exact) mass is 252 g/mol. The lowest BCUT2D eigenvalue weighted by atomic mass is 10.2. The molecule has 1 unspecified atom stereocenters. The first-order valence-electron chi connectivity index (χ1n) is 5.44. The molecule has 1 aromatic carbocycles. The molecule has 18 heavy (non-hydrogen) atoms. The molecule has 0 saturated heterocycles. The standard InChI is InChI=1S/C12H16N2O4/c1-8(7-15)14(2)12(18)13-10-6-4-3-5-9(10)11(16)17/h3-6,8,15H,7H2,1-2H3,(H,13,18)(H,16,17). The normalized spacial score (nSPS) is 11.7. The van der Waals surface area contributed by atoms with E-state index >= 15 is 0 Å². The average molecular weight is 252 g/mol. The fourth-order valence-electron chi connectivity index (χ4n) is 1.30. The zero-order valence-electron chi connectivity index (χ0n) is 10.3. The molecule has 0 radical (unpaired) electrons. The number of aromatic carboxylic acids is 1. The molecule has 1 rings (SSSR count). The first kappa shape index (κ1) is 14.0. The molecular weight excluding hydrogens is 236 g/mol. The van der Waals surface area contributed by atoms with Crippen LogP contribution in [-0.2, 0) is 0 Å². The fourth-order valence-corrected chi connectivity index (χ4v) is 1.30. The van der Waals surface area contributed by atoms with Crippen LogP contribution in [0.2, 0.25) is 0 Å². The van der Waals surface area contributed by atoms with Crippen LogP contribution in [0.1, 0.15) is 17.3 Å². The molecule has 1 aromatic rings. The second kappa shape index (κ2) is 6.02. The van der Waals surface area contributed by atoms with Gasteiger partial charge < -0.3 is 20.4 Å². The van der Waals surface area contributed by atoms with E-state index in [2.05, 4.69) is 5.32 Å². The second-order valence-electron chi connectivity index (χ2n) is 3.92. The predicted octanol–water partition coefficient (Wildman–Crippen LogP) is 1.23. The first-order chi connectivity index (χ1) is 8.47. The van der Waals surface area contributed by atoms with E-state index in [1.54, 1.807) is 19.1 Å². The number of aliphatic hydroxyl groups excluding tert-OH is 1. The predicted molar refractivity (Wildman–Crippen MR) is 66.7 cm³/mol. The third-order valence-corrected chi connectivity index (χ3v) is 2.64. The molecular formula is C12H16N2O4. The van der Waals surface area contributed by atoms with Gasteiger partial charge in [-0.3, -0.25) is 0 Å². The van der Waals surface area contributed by atoms with E-state index in [-0.39, 0.29) is 23.9 Å². The van der Waals surface area contributed by atoms with Gasteiger partial charge in [0.25, 0.3) is 0 Å². The molecule has 0 spiro atoms. The second-order valence-corrected chi connectivity index (χ2v) is 3.92. The number of aliphatic hydroxyl groups is 1. The van der Waals surface area contributed by atoms with Crippen molar-refractivity contribution in [3.05, 3.63) is 29.8 Å². The Labute approximate surface area is 105 Å². The lowest BCUT2D eigenvalue weighted by Crippen LogP contribution is -2.40. The number of carboxylic acids is 1. The van der Waals surface area contributed by atoms with Crippen LogP contribution >= 0.6 is 0 Å². The molecule has 0 aliphatic heterocycles. The minimum atomic E-state index is -1.11. The summed E-state index contributed by atoms with van der Waals surface area (Å²) in [6.45, 7) is 1.52. The van der Waals surface area contributed by atoms with Crippen LogP contribution in [-0.4, -0.2) is 46.8 Å². The molecule has 0 fully saturated rings. The molecule has 0 bridgehead atoms. The van der Waals surface area contributed by atoms with E-state index in [4.69, 9.17) is 10.2 Å². The summed E-state index contributed by atoms with van der Waals surface area (Å²) in [4.78, 5) is 24.1. The number of amides is 2. The van der Waals surface area contributed by atoms with Crippen LogP contribution in [0.25, 0.3) is 0 Å². The van der Waals surface area contributed by atoms with Crippen molar-refractivity contribution in [2.24, 2.45) is 0 Å². The number of hydrogen-bond acceptors (Lipinski definition) is 3. The molecule has 0 heterocycles. The molecule has 2 amide bonds. The Kier molecular flexibility index (Phi) is 4.67. The highest BCUT2D eigenvalue weighted by Crippen LogP contribution is 2.15. The van der Waals surface area contributed by atoms with E-state index in [0.29, 0.717) is 0 Å². The SMILES string of the molecule is CC(CO)N(C)C(=O)Nc1ccccc1C(=O)O. The third-order valence-electron chi connectivity index (χ3n) is 2.64. The summed E-state index contributed by atoms with van der Waals surface area (Å²) in [5.41, 5.74) is 0.253. The lowest BCUT2D eigenvalue weighted by molar-refractivity contribution is 0.0698. The minimum absolute atomic E-state index is 0.0240. The Morgan fingerprint density at radius 1 is 1.39 bits per heavy atom. The number of likely N-dealkylation sites (N-methyl/N-ethyl adjacent to an activating group) is 1. The zero-order valence-corrected chi connectivity index (χ0v) is 10.3. The van der Waals surface area contributed by atoms with Gasteiger partial charge in [-0.05, 0) is 19.1 Å². The van der Waals surface area contributed by atoms with E-state index < -0.39 is 12.0 Å². The Morgan fingerprint density at radius 2 is 2.00 bits per heavy atom. The zero-order chi connectivity index (χ0) is 13.7. The van der Waals surface area contributed by atoms with E-state index in [9.17, 15) is 9.59 Å². The summed E-state index contributed by atoms with van der Waals surface area (Å²) in [5.74, 6) is -1.11. The maximum absolute atomic E-state index is 11.8. The maximum atomic E-state index is 11.8. The highest BCUT2D eigenvalue weighted by Gasteiger charge is 2.17. The summed E-state index contributed by atoms with van der Waals surface area (Å²) in [6, 6.07) is 5.33. The van der Waals surface area contributed by atoms with Gasteiger partial charge in [-0.15, -0.1) is 0 Å². The Hall–Kier alpha value is -2.08. The molecule has 0 aliphatic carbocycles. The van der Waals surface area contributed by atoms with E-state index in [1.807, 2.05) is 0 Å². The summed E-state index contributed by atoms with van der Waals surface area (Å²) < 4.78 is 0. The van der Waals surface area contributed by atoms with Crippen molar-refractivity contribution in [2.75, 3.05) is 19.0 Å². The molecule has 0 saturated carbocycles. The largest absolute Gasteiger partial charge is 0.478 e. The van der Waals surface area contributed by atoms with E-state index in [1.165, 1.54) is 24.1 Å². The number of para-hydroxylation sites is 1. The molecule has 1 atom stereocenters. The van der Waals surface area contributed by atoms with Crippen LogP contribution in [0.15, 0.2) is 24.3 Å². The number of carbonyl (C=O) groups excluding carboxylic acids is 1. The average Bonchev–Trinajstić information content (AvgIpc) is 2.37. The molecule has 3 N–H and O–H groups in total. The highest BCUT2D eigenvalue weighted by atomic mass is 16.4. The van der Waals surface area contributed by atoms with Crippen molar-refractivity contribution >= 4 is 17.7 Å². The Morgan fingerprint density at radius 3 is 2.56 bits per heavy atom.